The van der Waals surface area contributed by atoms with E-state index in [1.807, 2.05) is 0 Å². The van der Waals surface area contributed by atoms with Crippen molar-refractivity contribution in [2.45, 2.75) is 12.4 Å². The lowest BCUT2D eigenvalue weighted by Gasteiger charge is -2.14. The molecule has 240 valence electrons. The minimum absolute atomic E-state index is 0.00413. The summed E-state index contributed by atoms with van der Waals surface area (Å²) in [6, 6.07) is 20.3. The largest absolute Gasteiger partial charge is 0.481 e. The quantitative estimate of drug-likeness (QED) is 0.159. The second kappa shape index (κ2) is 13.9. The van der Waals surface area contributed by atoms with E-state index < -0.39 is 48.6 Å². The van der Waals surface area contributed by atoms with Gasteiger partial charge in [-0.25, -0.2) is 9.59 Å². The Labute approximate surface area is 261 Å². The Morgan fingerprint density at radius 2 is 1.17 bits per heavy atom. The topological polar surface area (TPSA) is 106 Å². The predicted octanol–water partition coefficient (Wildman–Crippen LogP) is 9.07. The molecule has 0 aliphatic rings. The number of aliphatic carboxylic acids is 2. The van der Waals surface area contributed by atoms with Crippen molar-refractivity contribution in [3.63, 3.8) is 0 Å². The molecule has 14 heteroatoms. The van der Waals surface area contributed by atoms with E-state index in [0.29, 0.717) is 21.6 Å². The molecule has 1 aromatic heterocycles. The Kier molecular flexibility index (Phi) is 10.2. The third-order valence-corrected chi connectivity index (χ3v) is 6.41. The van der Waals surface area contributed by atoms with E-state index in [4.69, 9.17) is 35.7 Å². The van der Waals surface area contributed by atoms with Gasteiger partial charge in [-0.15, -0.1) is 0 Å². The maximum absolute atomic E-state index is 13.0. The van der Waals surface area contributed by atoms with Crippen LogP contribution in [0.15, 0.2) is 95.4 Å². The summed E-state index contributed by atoms with van der Waals surface area (Å²) in [5.41, 5.74) is -0.583. The van der Waals surface area contributed by atoms with Crippen LogP contribution in [0.5, 0.6) is 11.5 Å². The monoisotopic (exact) mass is 666 g/mol. The maximum Gasteiger partial charge on any atom is 0.416 e. The molecule has 5 aromatic rings. The molecule has 0 spiro atoms. The van der Waals surface area contributed by atoms with Crippen molar-refractivity contribution < 1.29 is 60.0 Å². The van der Waals surface area contributed by atoms with Crippen LogP contribution in [0.2, 0.25) is 5.02 Å². The van der Waals surface area contributed by atoms with E-state index in [9.17, 15) is 35.9 Å². The Balaban J connectivity index is 0.000000210. The fraction of sp³-hybridized carbons (Fsp3) is 0.125. The van der Waals surface area contributed by atoms with Gasteiger partial charge in [-0.05, 0) is 66.2 Å². The summed E-state index contributed by atoms with van der Waals surface area (Å²) in [4.78, 5) is 21.2. The van der Waals surface area contributed by atoms with Gasteiger partial charge < -0.3 is 24.1 Å². The molecule has 0 saturated heterocycles. The first kappa shape index (κ1) is 33.7. The molecule has 0 amide bonds. The Bertz CT molecular complexity index is 1810. The second-order valence-electron chi connectivity index (χ2n) is 9.44. The first-order valence-electron chi connectivity index (χ1n) is 13.0. The first-order chi connectivity index (χ1) is 21.6. The number of fused-ring (bicyclic) bond motifs is 1. The number of carboxylic acids is 2. The Hall–Kier alpha value is -5.17. The Morgan fingerprint density at radius 1 is 0.674 bits per heavy atom. The van der Waals surface area contributed by atoms with Crippen LogP contribution in [0, 0.1) is 0 Å². The first-order valence-corrected chi connectivity index (χ1v) is 13.4. The van der Waals surface area contributed by atoms with Crippen LogP contribution < -0.4 is 9.47 Å². The zero-order valence-electron chi connectivity index (χ0n) is 23.2. The second-order valence-corrected chi connectivity index (χ2v) is 9.87. The van der Waals surface area contributed by atoms with Crippen molar-refractivity contribution in [2.75, 3.05) is 13.2 Å². The van der Waals surface area contributed by atoms with Gasteiger partial charge >= 0.3 is 24.3 Å². The van der Waals surface area contributed by atoms with Crippen LogP contribution in [0.3, 0.4) is 0 Å². The number of carbonyl (C=O) groups is 2. The van der Waals surface area contributed by atoms with Gasteiger partial charge in [0.05, 0.1) is 16.7 Å². The van der Waals surface area contributed by atoms with Crippen LogP contribution in [0.25, 0.3) is 33.4 Å². The van der Waals surface area contributed by atoms with Gasteiger partial charge in [-0.1, -0.05) is 41.9 Å². The maximum atomic E-state index is 13.0. The number of halogens is 7. The number of furan rings is 1. The molecule has 7 nitrogen and oxygen atoms in total. The number of hydrogen-bond donors (Lipinski definition) is 2. The molecule has 0 fully saturated rings. The van der Waals surface area contributed by atoms with Crippen LogP contribution in [-0.2, 0) is 21.9 Å². The SMILES string of the molecule is O=C(O)COc1ccc(C(F)(F)F)cc1-c1cc2ccccc2o1.O=C(O)COc1ccc(C(F)(F)F)cc1-c1ccc(Cl)cc1. The summed E-state index contributed by atoms with van der Waals surface area (Å²) in [5, 5.41) is 18.5. The molecule has 0 aliphatic carbocycles. The number of carboxylic acid groups (broad SMARTS) is 2. The van der Waals surface area contributed by atoms with Gasteiger partial charge in [-0.3, -0.25) is 0 Å². The summed E-state index contributed by atoms with van der Waals surface area (Å²) in [6.07, 6.45) is -9.04. The summed E-state index contributed by atoms with van der Waals surface area (Å²) >= 11 is 5.76. The fourth-order valence-corrected chi connectivity index (χ4v) is 4.23. The standard InChI is InChI=1S/C17H11F3O4.C15H10ClF3O3/c18-17(19,20)11-5-6-14(23-9-16(21)22)12(8-11)15-7-10-3-1-2-4-13(10)24-15;16-11-4-1-9(2-5-11)12-7-10(15(17,18)19)3-6-13(12)22-8-14(20)21/h1-8H,9H2,(H,21,22);1-7H,8H2,(H,20,21). The van der Waals surface area contributed by atoms with Crippen molar-refractivity contribution >= 4 is 34.5 Å². The normalized spacial score (nSPS) is 11.5. The molecule has 2 N–H and O–H groups in total. The fourth-order valence-electron chi connectivity index (χ4n) is 4.11. The molecular formula is C32H21ClF6O7. The van der Waals surface area contributed by atoms with E-state index in [-0.39, 0.29) is 28.4 Å². The minimum Gasteiger partial charge on any atom is -0.481 e. The highest BCUT2D eigenvalue weighted by Gasteiger charge is 2.32. The lowest BCUT2D eigenvalue weighted by molar-refractivity contribution is -0.140. The van der Waals surface area contributed by atoms with Crippen LogP contribution in [0.4, 0.5) is 26.3 Å². The van der Waals surface area contributed by atoms with E-state index in [1.54, 1.807) is 30.3 Å². The van der Waals surface area contributed by atoms with Crippen molar-refractivity contribution in [2.24, 2.45) is 0 Å². The molecule has 5 rings (SSSR count). The molecule has 0 bridgehead atoms. The highest BCUT2D eigenvalue weighted by Crippen LogP contribution is 2.40. The van der Waals surface area contributed by atoms with Gasteiger partial charge in [-0.2, -0.15) is 26.3 Å². The minimum atomic E-state index is -4.54. The van der Waals surface area contributed by atoms with Gasteiger partial charge in [0, 0.05) is 16.0 Å². The summed E-state index contributed by atoms with van der Waals surface area (Å²) in [7, 11) is 0. The number of ether oxygens (including phenoxy) is 2. The highest BCUT2D eigenvalue weighted by molar-refractivity contribution is 6.30. The molecule has 0 radical (unpaired) electrons. The van der Waals surface area contributed by atoms with E-state index in [2.05, 4.69) is 0 Å². The highest BCUT2D eigenvalue weighted by atomic mass is 35.5. The van der Waals surface area contributed by atoms with Gasteiger partial charge in [0.2, 0.25) is 0 Å². The zero-order valence-corrected chi connectivity index (χ0v) is 23.9. The van der Waals surface area contributed by atoms with E-state index >= 15 is 0 Å². The van der Waals surface area contributed by atoms with E-state index in [1.165, 1.54) is 24.3 Å². The molecular weight excluding hydrogens is 646 g/mol. The molecule has 4 aromatic carbocycles. The number of benzene rings is 4. The summed E-state index contributed by atoms with van der Waals surface area (Å²) in [6.45, 7) is -1.31. The average molecular weight is 667 g/mol. The van der Waals surface area contributed by atoms with Crippen molar-refractivity contribution in [3.8, 4) is 33.9 Å². The number of rotatable bonds is 8. The lowest BCUT2D eigenvalue weighted by atomic mass is 10.0. The molecule has 46 heavy (non-hydrogen) atoms. The predicted molar refractivity (Wildman–Crippen MR) is 155 cm³/mol. The number of hydrogen-bond acceptors (Lipinski definition) is 5. The van der Waals surface area contributed by atoms with Gasteiger partial charge in [0.1, 0.15) is 22.8 Å². The van der Waals surface area contributed by atoms with Crippen LogP contribution >= 0.6 is 11.6 Å². The van der Waals surface area contributed by atoms with Crippen molar-refractivity contribution in [1.29, 1.82) is 0 Å². The van der Waals surface area contributed by atoms with Gasteiger partial charge in [0.25, 0.3) is 0 Å². The zero-order chi connectivity index (χ0) is 33.6. The summed E-state index contributed by atoms with van der Waals surface area (Å²) in [5.74, 6) is -2.22. The third-order valence-electron chi connectivity index (χ3n) is 6.16. The van der Waals surface area contributed by atoms with Crippen molar-refractivity contribution in [3.05, 3.63) is 107 Å². The molecule has 0 atom stereocenters. The smallest absolute Gasteiger partial charge is 0.416 e. The Morgan fingerprint density at radius 3 is 1.67 bits per heavy atom. The van der Waals surface area contributed by atoms with Crippen LogP contribution in [0.1, 0.15) is 11.1 Å². The molecule has 1 heterocycles. The van der Waals surface area contributed by atoms with E-state index in [0.717, 1.165) is 36.4 Å². The number of alkyl halides is 6. The molecule has 0 aliphatic heterocycles. The summed E-state index contributed by atoms with van der Waals surface area (Å²) < 4.78 is 93.1. The lowest BCUT2D eigenvalue weighted by Crippen LogP contribution is -2.11. The van der Waals surface area contributed by atoms with Crippen LogP contribution in [-0.4, -0.2) is 35.4 Å². The number of para-hydroxylation sites is 1. The molecule has 0 saturated carbocycles. The van der Waals surface area contributed by atoms with Crippen molar-refractivity contribution in [1.82, 2.24) is 0 Å². The third kappa shape index (κ3) is 8.72. The molecule has 0 unspecified atom stereocenters. The van der Waals surface area contributed by atoms with Gasteiger partial charge in [0.15, 0.2) is 13.2 Å². The average Bonchev–Trinajstić information content (AvgIpc) is 3.43.